The summed E-state index contributed by atoms with van der Waals surface area (Å²) in [7, 11) is 5.84. The van der Waals surface area contributed by atoms with Crippen molar-refractivity contribution in [2.45, 2.75) is 32.7 Å². The van der Waals surface area contributed by atoms with Gasteiger partial charge in [-0.15, -0.1) is 0 Å². The van der Waals surface area contributed by atoms with Crippen LogP contribution in [0.15, 0.2) is 42.5 Å². The van der Waals surface area contributed by atoms with Crippen LogP contribution in [-0.4, -0.2) is 37.8 Å². The Bertz CT molecular complexity index is 739. The molecule has 0 bridgehead atoms. The Morgan fingerprint density at radius 3 is 2.22 bits per heavy atom. The number of rotatable bonds is 8. The predicted octanol–water partition coefficient (Wildman–Crippen LogP) is 4.41. The molecular formula is C22H31N3OS. The fourth-order valence-corrected chi connectivity index (χ4v) is 3.45. The minimum absolute atomic E-state index is 0.146. The fraction of sp³-hybridized carbons (Fsp3) is 0.409. The highest BCUT2D eigenvalue weighted by Gasteiger charge is 2.18. The average molecular weight is 386 g/mol. The van der Waals surface area contributed by atoms with Gasteiger partial charge in [0.15, 0.2) is 5.11 Å². The molecule has 146 valence electrons. The van der Waals surface area contributed by atoms with Gasteiger partial charge in [-0.1, -0.05) is 50.2 Å². The number of nitrogens with one attached hydrogen (secondary N) is 2. The largest absolute Gasteiger partial charge is 0.496 e. The van der Waals surface area contributed by atoms with E-state index in [0.717, 1.165) is 29.8 Å². The first kappa shape index (κ1) is 21.2. The molecule has 0 spiro atoms. The summed E-state index contributed by atoms with van der Waals surface area (Å²) in [5, 5.41) is 7.46. The zero-order valence-corrected chi connectivity index (χ0v) is 17.8. The van der Waals surface area contributed by atoms with Crippen molar-refractivity contribution in [1.29, 1.82) is 0 Å². The van der Waals surface area contributed by atoms with E-state index in [2.05, 4.69) is 67.7 Å². The number of hydrogen-bond acceptors (Lipinski definition) is 3. The first-order valence-electron chi connectivity index (χ1n) is 9.46. The third-order valence-electron chi connectivity index (χ3n) is 4.81. The van der Waals surface area contributed by atoms with Gasteiger partial charge in [0.05, 0.1) is 13.2 Å². The molecule has 2 aromatic rings. The van der Waals surface area contributed by atoms with Crippen LogP contribution in [0.1, 0.15) is 36.6 Å². The molecule has 0 saturated heterocycles. The fourth-order valence-electron chi connectivity index (χ4n) is 3.26. The van der Waals surface area contributed by atoms with E-state index in [4.69, 9.17) is 17.0 Å². The molecular weight excluding hydrogens is 354 g/mol. The molecule has 0 heterocycles. The SMILES string of the molecule is CCc1cccc(CC)c1NC(=S)NC[C@@H](c1ccccc1OC)N(C)C. The molecule has 2 rings (SSSR count). The first-order chi connectivity index (χ1) is 13.0. The summed E-state index contributed by atoms with van der Waals surface area (Å²) in [6.07, 6.45) is 1.95. The zero-order chi connectivity index (χ0) is 19.8. The minimum Gasteiger partial charge on any atom is -0.496 e. The van der Waals surface area contributed by atoms with Crippen molar-refractivity contribution in [3.8, 4) is 5.75 Å². The maximum atomic E-state index is 5.60. The lowest BCUT2D eigenvalue weighted by molar-refractivity contribution is 0.288. The van der Waals surface area contributed by atoms with Crippen LogP contribution in [0.25, 0.3) is 0 Å². The third kappa shape index (κ3) is 5.44. The van der Waals surface area contributed by atoms with Crippen molar-refractivity contribution in [2.24, 2.45) is 0 Å². The van der Waals surface area contributed by atoms with Crippen molar-refractivity contribution in [3.05, 3.63) is 59.2 Å². The topological polar surface area (TPSA) is 36.5 Å². The van der Waals surface area contributed by atoms with Crippen LogP contribution in [0.2, 0.25) is 0 Å². The molecule has 1 atom stereocenters. The number of benzene rings is 2. The Labute approximate surface area is 168 Å². The van der Waals surface area contributed by atoms with Crippen LogP contribution in [0.4, 0.5) is 5.69 Å². The number of para-hydroxylation sites is 2. The summed E-state index contributed by atoms with van der Waals surface area (Å²) in [6.45, 7) is 5.02. The quantitative estimate of drug-likeness (QED) is 0.658. The molecule has 0 saturated carbocycles. The molecule has 2 aromatic carbocycles. The molecule has 2 N–H and O–H groups in total. The van der Waals surface area contributed by atoms with Crippen molar-refractivity contribution in [2.75, 3.05) is 33.1 Å². The molecule has 0 aromatic heterocycles. The lowest BCUT2D eigenvalue weighted by Crippen LogP contribution is -2.37. The normalized spacial score (nSPS) is 11.9. The lowest BCUT2D eigenvalue weighted by Gasteiger charge is -2.27. The van der Waals surface area contributed by atoms with E-state index in [0.29, 0.717) is 11.7 Å². The molecule has 0 aliphatic carbocycles. The maximum absolute atomic E-state index is 5.60. The molecule has 0 fully saturated rings. The van der Waals surface area contributed by atoms with Crippen LogP contribution in [-0.2, 0) is 12.8 Å². The van der Waals surface area contributed by atoms with Gasteiger partial charge < -0.3 is 20.3 Å². The standard InChI is InChI=1S/C22H31N3OS/c1-6-16-11-10-12-17(7-2)21(16)24-22(27)23-15-19(25(3)4)18-13-8-9-14-20(18)26-5/h8-14,19H,6-7,15H2,1-5H3,(H2,23,24,27)/t19-/m0/s1. The molecule has 0 aliphatic rings. The van der Waals surface area contributed by atoms with Crippen molar-refractivity contribution >= 4 is 23.0 Å². The third-order valence-corrected chi connectivity index (χ3v) is 5.06. The number of hydrogen-bond donors (Lipinski definition) is 2. The highest BCUT2D eigenvalue weighted by atomic mass is 32.1. The second-order valence-corrected chi connectivity index (χ2v) is 7.12. The molecule has 4 nitrogen and oxygen atoms in total. The Morgan fingerprint density at radius 1 is 1.04 bits per heavy atom. The number of thiocarbonyl (C=S) groups is 1. The highest BCUT2D eigenvalue weighted by molar-refractivity contribution is 7.80. The summed E-state index contributed by atoms with van der Waals surface area (Å²) in [6, 6.07) is 14.7. The first-order valence-corrected chi connectivity index (χ1v) is 9.87. The van der Waals surface area contributed by atoms with Gasteiger partial charge in [-0.05, 0) is 56.3 Å². The van der Waals surface area contributed by atoms with Gasteiger partial charge in [-0.2, -0.15) is 0 Å². The highest BCUT2D eigenvalue weighted by Crippen LogP contribution is 2.27. The van der Waals surface area contributed by atoms with Crippen LogP contribution in [0, 0.1) is 0 Å². The van der Waals surface area contributed by atoms with Gasteiger partial charge >= 0.3 is 0 Å². The zero-order valence-electron chi connectivity index (χ0n) is 17.0. The number of anilines is 1. The lowest BCUT2D eigenvalue weighted by atomic mass is 10.0. The Hall–Kier alpha value is -2.11. The monoisotopic (exact) mass is 385 g/mol. The van der Waals surface area contributed by atoms with E-state index in [1.54, 1.807) is 7.11 Å². The molecule has 0 amide bonds. The summed E-state index contributed by atoms with van der Waals surface area (Å²) in [5.41, 5.74) is 4.85. The summed E-state index contributed by atoms with van der Waals surface area (Å²) in [4.78, 5) is 2.17. The van der Waals surface area contributed by atoms with Crippen molar-refractivity contribution < 1.29 is 4.74 Å². The van der Waals surface area contributed by atoms with E-state index in [1.807, 2.05) is 18.2 Å². The Balaban J connectivity index is 2.12. The number of ether oxygens (including phenoxy) is 1. The van der Waals surface area contributed by atoms with E-state index in [-0.39, 0.29) is 6.04 Å². The summed E-state index contributed by atoms with van der Waals surface area (Å²) >= 11 is 5.60. The minimum atomic E-state index is 0.146. The number of aryl methyl sites for hydroxylation is 2. The molecule has 0 unspecified atom stereocenters. The van der Waals surface area contributed by atoms with E-state index in [9.17, 15) is 0 Å². The average Bonchev–Trinajstić information content (AvgIpc) is 2.68. The molecule has 27 heavy (non-hydrogen) atoms. The Kier molecular flexibility index (Phi) is 8.07. The van der Waals surface area contributed by atoms with Gasteiger partial charge in [0.25, 0.3) is 0 Å². The van der Waals surface area contributed by atoms with Crippen LogP contribution in [0.3, 0.4) is 0 Å². The number of likely N-dealkylation sites (N-methyl/N-ethyl adjacent to an activating group) is 1. The predicted molar refractivity (Wildman–Crippen MR) is 119 cm³/mol. The van der Waals surface area contributed by atoms with E-state index >= 15 is 0 Å². The van der Waals surface area contributed by atoms with Gasteiger partial charge in [-0.3, -0.25) is 0 Å². The van der Waals surface area contributed by atoms with Crippen LogP contribution < -0.4 is 15.4 Å². The van der Waals surface area contributed by atoms with Gasteiger partial charge in [0.1, 0.15) is 5.75 Å². The van der Waals surface area contributed by atoms with Crippen molar-refractivity contribution in [1.82, 2.24) is 10.2 Å². The smallest absolute Gasteiger partial charge is 0.170 e. The van der Waals surface area contributed by atoms with Crippen LogP contribution in [0.5, 0.6) is 5.75 Å². The van der Waals surface area contributed by atoms with Gasteiger partial charge in [0, 0.05) is 17.8 Å². The van der Waals surface area contributed by atoms with E-state index in [1.165, 1.54) is 11.1 Å². The second kappa shape index (κ2) is 10.3. The van der Waals surface area contributed by atoms with Crippen molar-refractivity contribution in [3.63, 3.8) is 0 Å². The summed E-state index contributed by atoms with van der Waals surface area (Å²) < 4.78 is 5.54. The maximum Gasteiger partial charge on any atom is 0.170 e. The second-order valence-electron chi connectivity index (χ2n) is 6.71. The van der Waals surface area contributed by atoms with Crippen LogP contribution >= 0.6 is 12.2 Å². The molecule has 0 aliphatic heterocycles. The van der Waals surface area contributed by atoms with E-state index < -0.39 is 0 Å². The molecule has 5 heteroatoms. The van der Waals surface area contributed by atoms with Gasteiger partial charge in [0.2, 0.25) is 0 Å². The van der Waals surface area contributed by atoms with Gasteiger partial charge in [-0.25, -0.2) is 0 Å². The summed E-state index contributed by atoms with van der Waals surface area (Å²) in [5.74, 6) is 0.890. The Morgan fingerprint density at radius 2 is 1.67 bits per heavy atom. The molecule has 0 radical (unpaired) electrons. The number of nitrogens with zero attached hydrogens (tertiary/aromatic N) is 1. The number of methoxy groups -OCH3 is 1.